The number of nitrogens with one attached hydrogen (secondary N) is 1. The first-order valence-corrected chi connectivity index (χ1v) is 6.89. The van der Waals surface area contributed by atoms with Gasteiger partial charge in [0, 0.05) is 5.69 Å². The lowest BCUT2D eigenvalue weighted by Crippen LogP contribution is -2.23. The van der Waals surface area contributed by atoms with Crippen molar-refractivity contribution in [3.8, 4) is 0 Å². The molecule has 1 atom stereocenters. The van der Waals surface area contributed by atoms with Crippen molar-refractivity contribution in [2.24, 2.45) is 0 Å². The molecule has 0 spiro atoms. The Bertz CT molecular complexity index is 481. The van der Waals surface area contributed by atoms with Crippen LogP contribution in [0.5, 0.6) is 0 Å². The van der Waals surface area contributed by atoms with Crippen molar-refractivity contribution in [2.45, 2.75) is 25.0 Å². The standard InChI is InChI=1S/C13H15NO3S/c1-8-4-5-9(7-10(8)13(16)17)14-12(15)11-3-2-6-18-11/h4-5,7,11H,2-3,6H2,1H3,(H,14,15)(H,16,17). The highest BCUT2D eigenvalue weighted by Gasteiger charge is 2.23. The normalized spacial score (nSPS) is 18.6. The van der Waals surface area contributed by atoms with E-state index in [0.29, 0.717) is 11.3 Å². The SMILES string of the molecule is Cc1ccc(NC(=O)C2CCCS2)cc1C(=O)O. The number of hydrogen-bond acceptors (Lipinski definition) is 3. The van der Waals surface area contributed by atoms with Gasteiger partial charge in [0.05, 0.1) is 10.8 Å². The van der Waals surface area contributed by atoms with Crippen LogP contribution < -0.4 is 5.32 Å². The summed E-state index contributed by atoms with van der Waals surface area (Å²) in [7, 11) is 0. The van der Waals surface area contributed by atoms with Crippen LogP contribution in [0.2, 0.25) is 0 Å². The van der Waals surface area contributed by atoms with E-state index >= 15 is 0 Å². The molecule has 1 aliphatic rings. The summed E-state index contributed by atoms with van der Waals surface area (Å²) in [6, 6.07) is 4.95. The van der Waals surface area contributed by atoms with Gasteiger partial charge in [0.1, 0.15) is 0 Å². The molecular formula is C13H15NO3S. The number of anilines is 1. The van der Waals surface area contributed by atoms with E-state index in [1.54, 1.807) is 30.8 Å². The lowest BCUT2D eigenvalue weighted by atomic mass is 10.1. The Morgan fingerprint density at radius 1 is 1.44 bits per heavy atom. The lowest BCUT2D eigenvalue weighted by molar-refractivity contribution is -0.115. The second-order valence-electron chi connectivity index (χ2n) is 4.33. The summed E-state index contributed by atoms with van der Waals surface area (Å²) in [5.74, 6) is 0.0170. The van der Waals surface area contributed by atoms with E-state index in [1.807, 2.05) is 0 Å². The number of hydrogen-bond donors (Lipinski definition) is 2. The number of aromatic carboxylic acids is 1. The molecule has 4 nitrogen and oxygen atoms in total. The Morgan fingerprint density at radius 3 is 2.83 bits per heavy atom. The van der Waals surface area contributed by atoms with Crippen LogP contribution in [-0.4, -0.2) is 28.0 Å². The van der Waals surface area contributed by atoms with Gasteiger partial charge in [0.2, 0.25) is 5.91 Å². The van der Waals surface area contributed by atoms with Crippen LogP contribution in [0.15, 0.2) is 18.2 Å². The third-order valence-electron chi connectivity index (χ3n) is 2.96. The molecule has 1 unspecified atom stereocenters. The summed E-state index contributed by atoms with van der Waals surface area (Å²) in [6.07, 6.45) is 1.96. The van der Waals surface area contributed by atoms with Crippen molar-refractivity contribution in [1.82, 2.24) is 0 Å². The largest absolute Gasteiger partial charge is 0.478 e. The summed E-state index contributed by atoms with van der Waals surface area (Å²) in [5.41, 5.74) is 1.47. The van der Waals surface area contributed by atoms with E-state index in [1.165, 1.54) is 6.07 Å². The Balaban J connectivity index is 2.11. The molecule has 2 rings (SSSR count). The molecular weight excluding hydrogens is 250 g/mol. The highest BCUT2D eigenvalue weighted by Crippen LogP contribution is 2.27. The van der Waals surface area contributed by atoms with Gasteiger partial charge in [-0.15, -0.1) is 11.8 Å². The van der Waals surface area contributed by atoms with Crippen molar-refractivity contribution in [3.05, 3.63) is 29.3 Å². The van der Waals surface area contributed by atoms with E-state index in [9.17, 15) is 9.59 Å². The van der Waals surface area contributed by atoms with Gasteiger partial charge in [0.25, 0.3) is 0 Å². The first-order chi connectivity index (χ1) is 8.58. The minimum atomic E-state index is -0.973. The minimum absolute atomic E-state index is 0.000388. The van der Waals surface area contributed by atoms with Crippen LogP contribution in [0.3, 0.4) is 0 Å². The molecule has 1 fully saturated rings. The molecule has 0 radical (unpaired) electrons. The predicted octanol–water partition coefficient (Wildman–Crippen LogP) is 2.53. The summed E-state index contributed by atoms with van der Waals surface area (Å²) >= 11 is 1.66. The van der Waals surface area contributed by atoms with Crippen molar-refractivity contribution < 1.29 is 14.7 Å². The molecule has 1 aliphatic heterocycles. The maximum atomic E-state index is 11.9. The maximum absolute atomic E-state index is 11.9. The van der Waals surface area contributed by atoms with Crippen LogP contribution in [0, 0.1) is 6.92 Å². The highest BCUT2D eigenvalue weighted by atomic mass is 32.2. The van der Waals surface area contributed by atoms with Crippen molar-refractivity contribution >= 4 is 29.3 Å². The van der Waals surface area contributed by atoms with Gasteiger partial charge in [-0.2, -0.15) is 0 Å². The molecule has 1 heterocycles. The minimum Gasteiger partial charge on any atom is -0.478 e. The number of carbonyl (C=O) groups is 2. The van der Waals surface area contributed by atoms with Crippen molar-refractivity contribution in [2.75, 3.05) is 11.1 Å². The highest BCUT2D eigenvalue weighted by molar-refractivity contribution is 8.00. The Hall–Kier alpha value is -1.49. The van der Waals surface area contributed by atoms with E-state index in [0.717, 1.165) is 18.6 Å². The molecule has 0 saturated carbocycles. The van der Waals surface area contributed by atoms with E-state index in [-0.39, 0.29) is 16.7 Å². The quantitative estimate of drug-likeness (QED) is 0.881. The zero-order valence-electron chi connectivity index (χ0n) is 10.1. The Morgan fingerprint density at radius 2 is 2.22 bits per heavy atom. The van der Waals surface area contributed by atoms with E-state index < -0.39 is 5.97 Å². The molecule has 0 aliphatic carbocycles. The molecule has 0 aromatic heterocycles. The summed E-state index contributed by atoms with van der Waals surface area (Å²) in [4.78, 5) is 22.9. The van der Waals surface area contributed by atoms with Gasteiger partial charge >= 0.3 is 5.97 Å². The molecule has 1 amide bonds. The van der Waals surface area contributed by atoms with Gasteiger partial charge in [-0.05, 0) is 43.2 Å². The molecule has 96 valence electrons. The molecule has 18 heavy (non-hydrogen) atoms. The average Bonchev–Trinajstić information content (AvgIpc) is 2.85. The molecule has 1 aromatic carbocycles. The monoisotopic (exact) mass is 265 g/mol. The number of aryl methyl sites for hydroxylation is 1. The van der Waals surface area contributed by atoms with E-state index in [4.69, 9.17) is 5.11 Å². The first-order valence-electron chi connectivity index (χ1n) is 5.84. The van der Waals surface area contributed by atoms with Crippen LogP contribution in [0.4, 0.5) is 5.69 Å². The molecule has 5 heteroatoms. The number of carboxylic acids is 1. The summed E-state index contributed by atoms with van der Waals surface area (Å²) in [5, 5.41) is 11.8. The molecule has 1 saturated heterocycles. The fraction of sp³-hybridized carbons (Fsp3) is 0.385. The van der Waals surface area contributed by atoms with Crippen molar-refractivity contribution in [1.29, 1.82) is 0 Å². The smallest absolute Gasteiger partial charge is 0.336 e. The molecule has 2 N–H and O–H groups in total. The third-order valence-corrected chi connectivity index (χ3v) is 4.33. The number of rotatable bonds is 3. The number of carbonyl (C=O) groups excluding carboxylic acids is 1. The second-order valence-corrected chi connectivity index (χ2v) is 5.64. The predicted molar refractivity (Wildman–Crippen MR) is 72.2 cm³/mol. The molecule has 1 aromatic rings. The number of carboxylic acid groups (broad SMARTS) is 1. The fourth-order valence-corrected chi connectivity index (χ4v) is 3.10. The van der Waals surface area contributed by atoms with Gasteiger partial charge in [-0.25, -0.2) is 4.79 Å². The average molecular weight is 265 g/mol. The van der Waals surface area contributed by atoms with Crippen LogP contribution in [-0.2, 0) is 4.79 Å². The van der Waals surface area contributed by atoms with E-state index in [2.05, 4.69) is 5.32 Å². The van der Waals surface area contributed by atoms with Gasteiger partial charge < -0.3 is 10.4 Å². The Kier molecular flexibility index (Phi) is 3.91. The van der Waals surface area contributed by atoms with Gasteiger partial charge in [-0.1, -0.05) is 6.07 Å². The van der Waals surface area contributed by atoms with Crippen molar-refractivity contribution in [3.63, 3.8) is 0 Å². The number of benzene rings is 1. The number of amides is 1. The van der Waals surface area contributed by atoms with Crippen LogP contribution in [0.25, 0.3) is 0 Å². The lowest BCUT2D eigenvalue weighted by Gasteiger charge is -2.11. The van der Waals surface area contributed by atoms with Gasteiger partial charge in [-0.3, -0.25) is 4.79 Å². The Labute approximate surface area is 110 Å². The summed E-state index contributed by atoms with van der Waals surface area (Å²) in [6.45, 7) is 1.74. The fourth-order valence-electron chi connectivity index (χ4n) is 1.94. The van der Waals surface area contributed by atoms with Crippen LogP contribution >= 0.6 is 11.8 Å². The zero-order chi connectivity index (χ0) is 13.1. The molecule has 0 bridgehead atoms. The number of thioether (sulfide) groups is 1. The van der Waals surface area contributed by atoms with Crippen LogP contribution in [0.1, 0.15) is 28.8 Å². The second kappa shape index (κ2) is 5.44. The third kappa shape index (κ3) is 2.85. The topological polar surface area (TPSA) is 66.4 Å². The zero-order valence-corrected chi connectivity index (χ0v) is 10.9. The summed E-state index contributed by atoms with van der Waals surface area (Å²) < 4.78 is 0. The maximum Gasteiger partial charge on any atom is 0.336 e. The van der Waals surface area contributed by atoms with Gasteiger partial charge in [0.15, 0.2) is 0 Å². The first kappa shape index (κ1) is 13.0.